The van der Waals surface area contributed by atoms with E-state index in [4.69, 9.17) is 9.15 Å². The lowest BCUT2D eigenvalue weighted by Crippen LogP contribution is -1.90. The van der Waals surface area contributed by atoms with E-state index in [0.29, 0.717) is 12.5 Å². The van der Waals surface area contributed by atoms with Gasteiger partial charge in [0.2, 0.25) is 5.89 Å². The number of rotatable bonds is 3. The van der Waals surface area contributed by atoms with Crippen molar-refractivity contribution in [3.8, 4) is 11.5 Å². The van der Waals surface area contributed by atoms with Gasteiger partial charge in [0.1, 0.15) is 6.26 Å². The first kappa shape index (κ1) is 9.93. The van der Waals surface area contributed by atoms with Crippen LogP contribution in [-0.2, 0) is 11.3 Å². The second-order valence-electron chi connectivity index (χ2n) is 3.42. The molecule has 0 aliphatic heterocycles. The molecule has 0 bridgehead atoms. The molecule has 2 rings (SSSR count). The number of ether oxygens (including phenoxy) is 1. The lowest BCUT2D eigenvalue weighted by Gasteiger charge is -2.04. The number of methoxy groups -OCH3 is 1. The minimum absolute atomic E-state index is 0.632. The fourth-order valence-electron chi connectivity index (χ4n) is 1.58. The van der Waals surface area contributed by atoms with Crippen LogP contribution in [0, 0.1) is 6.92 Å². The largest absolute Gasteiger partial charge is 0.445 e. The second-order valence-corrected chi connectivity index (χ2v) is 3.42. The molecule has 0 aliphatic rings. The Kier molecular flexibility index (Phi) is 2.83. The summed E-state index contributed by atoms with van der Waals surface area (Å²) in [4.78, 5) is 4.13. The third-order valence-electron chi connectivity index (χ3n) is 2.26. The fourth-order valence-corrected chi connectivity index (χ4v) is 1.58. The zero-order valence-electron chi connectivity index (χ0n) is 8.86. The Balaban J connectivity index is 2.35. The van der Waals surface area contributed by atoms with Crippen molar-refractivity contribution < 1.29 is 9.15 Å². The maximum atomic E-state index is 5.26. The van der Waals surface area contributed by atoms with Crippen molar-refractivity contribution in [2.24, 2.45) is 0 Å². The SMILES string of the molecule is COCc1ccc(-c2ncco2)c(C)c1. The molecule has 0 amide bonds. The number of benzene rings is 1. The first-order chi connectivity index (χ1) is 7.31. The van der Waals surface area contributed by atoms with Gasteiger partial charge in [-0.1, -0.05) is 12.1 Å². The smallest absolute Gasteiger partial charge is 0.226 e. The summed E-state index contributed by atoms with van der Waals surface area (Å²) in [6.07, 6.45) is 3.23. The van der Waals surface area contributed by atoms with Crippen LogP contribution in [0.25, 0.3) is 11.5 Å². The number of nitrogens with zero attached hydrogens (tertiary/aromatic N) is 1. The number of aromatic nitrogens is 1. The first-order valence-corrected chi connectivity index (χ1v) is 4.79. The molecule has 1 heterocycles. The van der Waals surface area contributed by atoms with Gasteiger partial charge in [-0.3, -0.25) is 0 Å². The lowest BCUT2D eigenvalue weighted by molar-refractivity contribution is 0.185. The van der Waals surface area contributed by atoms with Crippen molar-refractivity contribution >= 4 is 0 Å². The molecule has 15 heavy (non-hydrogen) atoms. The van der Waals surface area contributed by atoms with Crippen LogP contribution in [0.5, 0.6) is 0 Å². The fraction of sp³-hybridized carbons (Fsp3) is 0.250. The van der Waals surface area contributed by atoms with Gasteiger partial charge in [0, 0.05) is 12.7 Å². The molecule has 0 atom stereocenters. The Hall–Kier alpha value is -1.61. The van der Waals surface area contributed by atoms with Crippen molar-refractivity contribution in [2.45, 2.75) is 13.5 Å². The van der Waals surface area contributed by atoms with E-state index in [-0.39, 0.29) is 0 Å². The summed E-state index contributed by atoms with van der Waals surface area (Å²) in [5, 5.41) is 0. The van der Waals surface area contributed by atoms with Gasteiger partial charge in [0.05, 0.1) is 12.8 Å². The minimum Gasteiger partial charge on any atom is -0.445 e. The molecule has 0 fully saturated rings. The maximum absolute atomic E-state index is 5.26. The monoisotopic (exact) mass is 203 g/mol. The highest BCUT2D eigenvalue weighted by Gasteiger charge is 2.06. The molecule has 0 radical (unpaired) electrons. The molecule has 78 valence electrons. The molecule has 0 aliphatic carbocycles. The molecular weight excluding hydrogens is 190 g/mol. The van der Waals surface area contributed by atoms with Crippen molar-refractivity contribution in [1.82, 2.24) is 4.98 Å². The van der Waals surface area contributed by atoms with Crippen LogP contribution in [0.3, 0.4) is 0 Å². The molecule has 2 aromatic rings. The van der Waals surface area contributed by atoms with Crippen LogP contribution < -0.4 is 0 Å². The van der Waals surface area contributed by atoms with E-state index in [1.807, 2.05) is 19.1 Å². The van der Waals surface area contributed by atoms with Gasteiger partial charge in [-0.2, -0.15) is 0 Å². The molecule has 0 spiro atoms. The van der Waals surface area contributed by atoms with Crippen LogP contribution >= 0.6 is 0 Å². The zero-order valence-corrected chi connectivity index (χ0v) is 8.86. The number of hydrogen-bond acceptors (Lipinski definition) is 3. The standard InChI is InChI=1S/C12H13NO2/c1-9-7-10(8-14-2)3-4-11(9)12-13-5-6-15-12/h3-7H,8H2,1-2H3. The second kappa shape index (κ2) is 4.28. The Morgan fingerprint density at radius 2 is 2.27 bits per heavy atom. The molecule has 1 aromatic heterocycles. The number of oxazole rings is 1. The highest BCUT2D eigenvalue weighted by atomic mass is 16.5. The highest BCUT2D eigenvalue weighted by Crippen LogP contribution is 2.22. The van der Waals surface area contributed by atoms with E-state index >= 15 is 0 Å². The maximum Gasteiger partial charge on any atom is 0.226 e. The Morgan fingerprint density at radius 1 is 1.40 bits per heavy atom. The summed E-state index contributed by atoms with van der Waals surface area (Å²) in [6.45, 7) is 2.67. The predicted molar refractivity (Wildman–Crippen MR) is 57.4 cm³/mol. The van der Waals surface area contributed by atoms with Crippen LogP contribution in [0.4, 0.5) is 0 Å². The van der Waals surface area contributed by atoms with Crippen LogP contribution in [0.1, 0.15) is 11.1 Å². The van der Waals surface area contributed by atoms with E-state index < -0.39 is 0 Å². The van der Waals surface area contributed by atoms with Crippen LogP contribution in [0.15, 0.2) is 35.1 Å². The summed E-state index contributed by atoms with van der Waals surface area (Å²) < 4.78 is 10.3. The van der Waals surface area contributed by atoms with E-state index in [1.165, 1.54) is 0 Å². The zero-order chi connectivity index (χ0) is 10.7. The normalized spacial score (nSPS) is 10.5. The lowest BCUT2D eigenvalue weighted by atomic mass is 10.1. The average Bonchev–Trinajstić information content (AvgIpc) is 2.71. The van der Waals surface area contributed by atoms with Gasteiger partial charge < -0.3 is 9.15 Å². The average molecular weight is 203 g/mol. The summed E-state index contributed by atoms with van der Waals surface area (Å²) in [6, 6.07) is 6.12. The van der Waals surface area contributed by atoms with E-state index in [9.17, 15) is 0 Å². The molecule has 0 saturated carbocycles. The molecular formula is C12H13NO2. The van der Waals surface area contributed by atoms with Gasteiger partial charge in [0.25, 0.3) is 0 Å². The van der Waals surface area contributed by atoms with E-state index in [1.54, 1.807) is 19.6 Å². The van der Waals surface area contributed by atoms with Crippen LogP contribution in [-0.4, -0.2) is 12.1 Å². The summed E-state index contributed by atoms with van der Waals surface area (Å²) in [5.74, 6) is 0.663. The topological polar surface area (TPSA) is 35.3 Å². The predicted octanol–water partition coefficient (Wildman–Crippen LogP) is 2.80. The summed E-state index contributed by atoms with van der Waals surface area (Å²) >= 11 is 0. The van der Waals surface area contributed by atoms with Gasteiger partial charge >= 0.3 is 0 Å². The van der Waals surface area contributed by atoms with E-state index in [0.717, 1.165) is 16.7 Å². The van der Waals surface area contributed by atoms with Gasteiger partial charge in [0.15, 0.2) is 0 Å². The van der Waals surface area contributed by atoms with Gasteiger partial charge in [-0.25, -0.2) is 4.98 Å². The van der Waals surface area contributed by atoms with Crippen molar-refractivity contribution in [3.63, 3.8) is 0 Å². The van der Waals surface area contributed by atoms with Crippen molar-refractivity contribution in [3.05, 3.63) is 41.8 Å². The molecule has 0 saturated heterocycles. The number of aryl methyl sites for hydroxylation is 1. The van der Waals surface area contributed by atoms with Gasteiger partial charge in [-0.05, 0) is 24.1 Å². The third kappa shape index (κ3) is 2.07. The first-order valence-electron chi connectivity index (χ1n) is 4.79. The molecule has 1 aromatic carbocycles. The van der Waals surface area contributed by atoms with Crippen LogP contribution in [0.2, 0.25) is 0 Å². The summed E-state index contributed by atoms with van der Waals surface area (Å²) in [7, 11) is 1.69. The third-order valence-corrected chi connectivity index (χ3v) is 2.26. The molecule has 3 nitrogen and oxygen atoms in total. The highest BCUT2D eigenvalue weighted by molar-refractivity contribution is 5.58. The van der Waals surface area contributed by atoms with Crippen molar-refractivity contribution in [1.29, 1.82) is 0 Å². The number of hydrogen-bond donors (Lipinski definition) is 0. The van der Waals surface area contributed by atoms with E-state index in [2.05, 4.69) is 11.1 Å². The summed E-state index contributed by atoms with van der Waals surface area (Å²) in [5.41, 5.74) is 3.33. The molecule has 3 heteroatoms. The van der Waals surface area contributed by atoms with Gasteiger partial charge in [-0.15, -0.1) is 0 Å². The Labute approximate surface area is 88.7 Å². The quantitative estimate of drug-likeness (QED) is 0.769. The Bertz CT molecular complexity index is 435. The van der Waals surface area contributed by atoms with Crippen molar-refractivity contribution in [2.75, 3.05) is 7.11 Å². The molecule has 0 N–H and O–H groups in total. The minimum atomic E-state index is 0.632. The Morgan fingerprint density at radius 3 is 2.87 bits per heavy atom. The molecule has 0 unspecified atom stereocenters.